The van der Waals surface area contributed by atoms with E-state index in [2.05, 4.69) is 6.92 Å². The Morgan fingerprint density at radius 2 is 2.09 bits per heavy atom. The zero-order chi connectivity index (χ0) is 23.3. The summed E-state index contributed by atoms with van der Waals surface area (Å²) in [5, 5.41) is 29.4. The highest BCUT2D eigenvalue weighted by atomic mass is 19.1. The van der Waals surface area contributed by atoms with Crippen molar-refractivity contribution in [2.24, 2.45) is 11.8 Å². The fourth-order valence-corrected chi connectivity index (χ4v) is 4.15. The summed E-state index contributed by atoms with van der Waals surface area (Å²) in [6, 6.07) is 7.92. The Labute approximate surface area is 190 Å². The molecule has 1 aliphatic rings. The van der Waals surface area contributed by atoms with Crippen molar-refractivity contribution in [3.8, 4) is 0 Å². The lowest BCUT2D eigenvalue weighted by molar-refractivity contribution is -0.137. The van der Waals surface area contributed by atoms with Gasteiger partial charge in [-0.3, -0.25) is 4.79 Å². The summed E-state index contributed by atoms with van der Waals surface area (Å²) in [7, 11) is 0. The molecule has 1 aliphatic carbocycles. The van der Waals surface area contributed by atoms with Gasteiger partial charge in [-0.05, 0) is 36.8 Å². The molecule has 178 valence electrons. The van der Waals surface area contributed by atoms with E-state index in [0.29, 0.717) is 38.9 Å². The van der Waals surface area contributed by atoms with Crippen molar-refractivity contribution in [1.82, 2.24) is 0 Å². The van der Waals surface area contributed by atoms with E-state index < -0.39 is 24.3 Å². The number of alkyl halides is 1. The minimum atomic E-state index is -1.10. The first-order chi connectivity index (χ1) is 15.4. The molecule has 6 heteroatoms. The molecular formula is C26H37FO5. The average molecular weight is 449 g/mol. The zero-order valence-corrected chi connectivity index (χ0v) is 18.9. The molecule has 0 bridgehead atoms. The molecule has 0 radical (unpaired) electrons. The number of carboxylic acid groups (broad SMARTS) is 1. The summed E-state index contributed by atoms with van der Waals surface area (Å²) in [6.07, 6.45) is 7.90. The van der Waals surface area contributed by atoms with E-state index in [-0.39, 0.29) is 24.7 Å². The SMILES string of the molecule is CCCOCc1cccc(CC(O)/C=C/[C@@H]2[C@@H](C/C=C\CCCC(=O)O)[C@H](F)C[C@H]2O)c1. The molecule has 1 aromatic carbocycles. The molecule has 1 unspecified atom stereocenters. The molecule has 0 amide bonds. The monoisotopic (exact) mass is 448 g/mol. The number of hydrogen-bond donors (Lipinski definition) is 3. The molecule has 1 saturated carbocycles. The first-order valence-electron chi connectivity index (χ1n) is 11.6. The number of carbonyl (C=O) groups is 1. The number of aliphatic hydroxyl groups excluding tert-OH is 2. The van der Waals surface area contributed by atoms with Crippen molar-refractivity contribution in [3.05, 3.63) is 59.7 Å². The standard InChI is InChI=1S/C26H37FO5/c1-2-14-32-18-20-9-7-8-19(15-20)16-21(28)12-13-23-22(24(27)17-25(23)29)10-5-3-4-6-11-26(30)31/h3,5,7-9,12-13,15,21-25,28-29H,2,4,6,10-11,14,16-18H2,1H3,(H,30,31)/b5-3-,13-12+/t21?,22-,23-,24-,25-/m1/s1. The second-order valence-corrected chi connectivity index (χ2v) is 8.58. The minimum Gasteiger partial charge on any atom is -0.481 e. The van der Waals surface area contributed by atoms with Gasteiger partial charge in [0.05, 0.1) is 18.8 Å². The molecule has 0 saturated heterocycles. The van der Waals surface area contributed by atoms with Gasteiger partial charge in [-0.25, -0.2) is 4.39 Å². The van der Waals surface area contributed by atoms with Crippen LogP contribution < -0.4 is 0 Å². The van der Waals surface area contributed by atoms with E-state index in [1.807, 2.05) is 36.4 Å². The van der Waals surface area contributed by atoms with Crippen LogP contribution >= 0.6 is 0 Å². The van der Waals surface area contributed by atoms with Crippen molar-refractivity contribution in [2.75, 3.05) is 6.61 Å². The molecular weight excluding hydrogens is 411 g/mol. The van der Waals surface area contributed by atoms with Gasteiger partial charge in [0, 0.05) is 37.7 Å². The molecule has 0 heterocycles. The molecule has 0 aromatic heterocycles. The Bertz CT molecular complexity index is 747. The van der Waals surface area contributed by atoms with Crippen LogP contribution in [0.1, 0.15) is 56.6 Å². The Hall–Kier alpha value is -2.02. The van der Waals surface area contributed by atoms with Crippen LogP contribution in [0.3, 0.4) is 0 Å². The smallest absolute Gasteiger partial charge is 0.303 e. The van der Waals surface area contributed by atoms with Crippen LogP contribution in [0.4, 0.5) is 4.39 Å². The lowest BCUT2D eigenvalue weighted by Gasteiger charge is -2.19. The molecule has 0 spiro atoms. The molecule has 5 atom stereocenters. The molecule has 2 rings (SSSR count). The Kier molecular flexibility index (Phi) is 11.6. The Morgan fingerprint density at radius 3 is 2.84 bits per heavy atom. The van der Waals surface area contributed by atoms with E-state index in [1.54, 1.807) is 12.2 Å². The van der Waals surface area contributed by atoms with Crippen molar-refractivity contribution in [3.63, 3.8) is 0 Å². The summed E-state index contributed by atoms with van der Waals surface area (Å²) >= 11 is 0. The van der Waals surface area contributed by atoms with Gasteiger partial charge in [-0.15, -0.1) is 0 Å². The van der Waals surface area contributed by atoms with E-state index in [0.717, 1.165) is 17.5 Å². The van der Waals surface area contributed by atoms with Gasteiger partial charge in [0.25, 0.3) is 0 Å². The van der Waals surface area contributed by atoms with Crippen LogP contribution in [0.5, 0.6) is 0 Å². The van der Waals surface area contributed by atoms with E-state index in [4.69, 9.17) is 9.84 Å². The third-order valence-electron chi connectivity index (χ3n) is 5.82. The maximum atomic E-state index is 14.4. The number of unbranched alkanes of at least 4 members (excludes halogenated alkanes) is 1. The number of aliphatic carboxylic acids is 1. The zero-order valence-electron chi connectivity index (χ0n) is 18.9. The number of aliphatic hydroxyl groups is 2. The molecule has 1 fully saturated rings. The maximum Gasteiger partial charge on any atom is 0.303 e. The molecule has 0 aliphatic heterocycles. The number of hydrogen-bond acceptors (Lipinski definition) is 4. The lowest BCUT2D eigenvalue weighted by Crippen LogP contribution is -2.19. The normalized spacial score (nSPS) is 24.5. The summed E-state index contributed by atoms with van der Waals surface area (Å²) < 4.78 is 20.0. The van der Waals surface area contributed by atoms with Gasteiger partial charge < -0.3 is 20.1 Å². The summed E-state index contributed by atoms with van der Waals surface area (Å²) in [4.78, 5) is 10.5. The van der Waals surface area contributed by atoms with Crippen LogP contribution in [0.25, 0.3) is 0 Å². The fraction of sp³-hybridized carbons (Fsp3) is 0.577. The topological polar surface area (TPSA) is 87.0 Å². The minimum absolute atomic E-state index is 0.0996. The van der Waals surface area contributed by atoms with Gasteiger partial charge in [0.2, 0.25) is 0 Å². The molecule has 3 N–H and O–H groups in total. The number of benzene rings is 1. The second-order valence-electron chi connectivity index (χ2n) is 8.58. The fourth-order valence-electron chi connectivity index (χ4n) is 4.15. The van der Waals surface area contributed by atoms with Crippen molar-refractivity contribution in [1.29, 1.82) is 0 Å². The number of rotatable bonds is 14. The maximum absolute atomic E-state index is 14.4. The first kappa shape index (κ1) is 26.2. The molecule has 32 heavy (non-hydrogen) atoms. The highest BCUT2D eigenvalue weighted by molar-refractivity contribution is 5.66. The molecule has 5 nitrogen and oxygen atoms in total. The van der Waals surface area contributed by atoms with Gasteiger partial charge in [-0.2, -0.15) is 0 Å². The lowest BCUT2D eigenvalue weighted by atomic mass is 9.89. The Morgan fingerprint density at radius 1 is 1.31 bits per heavy atom. The Balaban J connectivity index is 1.88. The van der Waals surface area contributed by atoms with Crippen molar-refractivity contribution >= 4 is 5.97 Å². The third kappa shape index (κ3) is 9.23. The van der Waals surface area contributed by atoms with Gasteiger partial charge >= 0.3 is 5.97 Å². The molecule has 1 aromatic rings. The van der Waals surface area contributed by atoms with Gasteiger partial charge in [0.1, 0.15) is 6.17 Å². The van der Waals surface area contributed by atoms with Gasteiger partial charge in [-0.1, -0.05) is 55.5 Å². The second kappa shape index (κ2) is 14.2. The third-order valence-corrected chi connectivity index (χ3v) is 5.82. The van der Waals surface area contributed by atoms with E-state index in [9.17, 15) is 19.4 Å². The van der Waals surface area contributed by atoms with Gasteiger partial charge in [0.15, 0.2) is 0 Å². The summed E-state index contributed by atoms with van der Waals surface area (Å²) in [6.45, 7) is 3.33. The predicted octanol–water partition coefficient (Wildman–Crippen LogP) is 4.61. The first-order valence-corrected chi connectivity index (χ1v) is 11.6. The van der Waals surface area contributed by atoms with Crippen molar-refractivity contribution in [2.45, 2.75) is 76.9 Å². The van der Waals surface area contributed by atoms with Crippen LogP contribution in [0.15, 0.2) is 48.6 Å². The van der Waals surface area contributed by atoms with Crippen LogP contribution in [0.2, 0.25) is 0 Å². The highest BCUT2D eigenvalue weighted by Crippen LogP contribution is 2.38. The van der Waals surface area contributed by atoms with E-state index >= 15 is 0 Å². The summed E-state index contributed by atoms with van der Waals surface area (Å²) in [5.74, 6) is -1.51. The van der Waals surface area contributed by atoms with E-state index in [1.165, 1.54) is 0 Å². The van der Waals surface area contributed by atoms with Crippen molar-refractivity contribution < 1.29 is 29.2 Å². The highest BCUT2D eigenvalue weighted by Gasteiger charge is 2.40. The van der Waals surface area contributed by atoms with Crippen LogP contribution in [0, 0.1) is 11.8 Å². The summed E-state index contributed by atoms with van der Waals surface area (Å²) in [5.41, 5.74) is 2.06. The number of halogens is 1. The number of carboxylic acids is 1. The average Bonchev–Trinajstić information content (AvgIpc) is 3.01. The van der Waals surface area contributed by atoms with Crippen LogP contribution in [-0.4, -0.2) is 46.3 Å². The van der Waals surface area contributed by atoms with Crippen LogP contribution in [-0.2, 0) is 22.6 Å². The predicted molar refractivity (Wildman–Crippen MR) is 123 cm³/mol. The number of ether oxygens (including phenoxy) is 1. The largest absolute Gasteiger partial charge is 0.481 e. The number of allylic oxidation sites excluding steroid dienone is 2. The quantitative estimate of drug-likeness (QED) is 0.286.